The van der Waals surface area contributed by atoms with Gasteiger partial charge in [-0.2, -0.15) is 5.21 Å². The van der Waals surface area contributed by atoms with Crippen LogP contribution in [-0.4, -0.2) is 26.9 Å². The summed E-state index contributed by atoms with van der Waals surface area (Å²) < 4.78 is 5.36. The molecule has 0 unspecified atom stereocenters. The maximum absolute atomic E-state index is 10.6. The normalized spacial score (nSPS) is 10.6. The second kappa shape index (κ2) is 4.66. The average molecular weight is 275 g/mol. The highest BCUT2D eigenvalue weighted by molar-refractivity contribution is 6.33. The number of aromatic amines is 1. The summed E-state index contributed by atoms with van der Waals surface area (Å²) in [7, 11) is 0. The average Bonchev–Trinajstić information content (AvgIpc) is 3.10. The van der Waals surface area contributed by atoms with Gasteiger partial charge in [0.25, 0.3) is 0 Å². The van der Waals surface area contributed by atoms with Crippen LogP contribution < -0.4 is 0 Å². The van der Waals surface area contributed by atoms with E-state index < -0.39 is 0 Å². The fourth-order valence-electron chi connectivity index (χ4n) is 1.70. The van der Waals surface area contributed by atoms with E-state index in [0.29, 0.717) is 28.5 Å². The Morgan fingerprint density at radius 1 is 1.26 bits per heavy atom. The van der Waals surface area contributed by atoms with Crippen molar-refractivity contribution in [1.82, 2.24) is 20.6 Å². The van der Waals surface area contributed by atoms with Crippen molar-refractivity contribution in [2.24, 2.45) is 0 Å². The SMILES string of the molecule is O=Cc1ccc(-c2ccc(Cl)c(-c3nn[nH]n3)c2)o1. The lowest BCUT2D eigenvalue weighted by Crippen LogP contribution is -1.84. The third kappa shape index (κ3) is 2.13. The van der Waals surface area contributed by atoms with Crippen LogP contribution in [0.25, 0.3) is 22.7 Å². The van der Waals surface area contributed by atoms with Crippen molar-refractivity contribution in [3.8, 4) is 22.7 Å². The molecule has 0 spiro atoms. The third-order valence-electron chi connectivity index (χ3n) is 2.58. The van der Waals surface area contributed by atoms with Gasteiger partial charge in [0.1, 0.15) is 5.76 Å². The molecular formula is C12H7ClN4O2. The highest BCUT2D eigenvalue weighted by Crippen LogP contribution is 2.30. The molecule has 7 heteroatoms. The molecule has 0 saturated heterocycles. The standard InChI is InChI=1S/C12H7ClN4O2/c13-10-3-1-7(11-4-2-8(6-18)19-11)5-9(10)12-14-16-17-15-12/h1-6H,(H,14,15,16,17). The molecule has 2 aromatic heterocycles. The predicted molar refractivity (Wildman–Crippen MR) is 67.7 cm³/mol. The number of hydrogen-bond donors (Lipinski definition) is 1. The highest BCUT2D eigenvalue weighted by Gasteiger charge is 2.11. The minimum atomic E-state index is 0.270. The van der Waals surface area contributed by atoms with Crippen LogP contribution >= 0.6 is 11.6 Å². The number of tetrazole rings is 1. The molecule has 0 fully saturated rings. The van der Waals surface area contributed by atoms with Crippen LogP contribution in [0.2, 0.25) is 5.02 Å². The number of hydrogen-bond acceptors (Lipinski definition) is 5. The molecule has 0 aliphatic carbocycles. The van der Waals surface area contributed by atoms with Crippen molar-refractivity contribution in [3.63, 3.8) is 0 Å². The van der Waals surface area contributed by atoms with Crippen LogP contribution in [0.4, 0.5) is 0 Å². The van der Waals surface area contributed by atoms with E-state index in [-0.39, 0.29) is 5.76 Å². The first-order valence-electron chi connectivity index (χ1n) is 5.36. The molecule has 0 radical (unpaired) electrons. The maximum atomic E-state index is 10.6. The zero-order chi connectivity index (χ0) is 13.2. The van der Waals surface area contributed by atoms with E-state index in [1.807, 2.05) is 0 Å². The maximum Gasteiger partial charge on any atom is 0.206 e. The number of carbonyl (C=O) groups is 1. The molecule has 0 aliphatic rings. The Morgan fingerprint density at radius 2 is 2.16 bits per heavy atom. The molecule has 3 rings (SSSR count). The Balaban J connectivity index is 2.09. The molecule has 94 valence electrons. The van der Waals surface area contributed by atoms with Crippen LogP contribution in [0.3, 0.4) is 0 Å². The molecule has 0 saturated carbocycles. The highest BCUT2D eigenvalue weighted by atomic mass is 35.5. The topological polar surface area (TPSA) is 84.7 Å². The fourth-order valence-corrected chi connectivity index (χ4v) is 1.90. The number of aldehydes is 1. The van der Waals surface area contributed by atoms with Crippen molar-refractivity contribution in [3.05, 3.63) is 41.1 Å². The summed E-state index contributed by atoms with van der Waals surface area (Å²) in [6, 6.07) is 8.60. The van der Waals surface area contributed by atoms with Crippen molar-refractivity contribution in [2.45, 2.75) is 0 Å². The molecule has 1 N–H and O–H groups in total. The van der Waals surface area contributed by atoms with Gasteiger partial charge in [0.15, 0.2) is 12.0 Å². The number of rotatable bonds is 3. The van der Waals surface area contributed by atoms with Gasteiger partial charge in [0.05, 0.1) is 5.02 Å². The molecule has 19 heavy (non-hydrogen) atoms. The van der Waals surface area contributed by atoms with Gasteiger partial charge >= 0.3 is 0 Å². The summed E-state index contributed by atoms with van der Waals surface area (Å²) in [5.74, 6) is 1.24. The van der Waals surface area contributed by atoms with Gasteiger partial charge in [-0.05, 0) is 35.5 Å². The minimum absolute atomic E-state index is 0.270. The van der Waals surface area contributed by atoms with E-state index in [4.69, 9.17) is 16.0 Å². The van der Waals surface area contributed by atoms with Crippen LogP contribution in [0, 0.1) is 0 Å². The Kier molecular flexibility index (Phi) is 2.85. The molecule has 0 atom stereocenters. The van der Waals surface area contributed by atoms with Crippen LogP contribution in [-0.2, 0) is 0 Å². The Morgan fingerprint density at radius 3 is 2.84 bits per heavy atom. The minimum Gasteiger partial charge on any atom is -0.453 e. The first-order chi connectivity index (χ1) is 9.28. The number of nitrogens with zero attached hydrogens (tertiary/aromatic N) is 3. The number of aromatic nitrogens is 4. The number of carbonyl (C=O) groups excluding carboxylic acids is 1. The molecule has 0 aliphatic heterocycles. The van der Waals surface area contributed by atoms with E-state index >= 15 is 0 Å². The smallest absolute Gasteiger partial charge is 0.206 e. The molecule has 1 aromatic carbocycles. The van der Waals surface area contributed by atoms with E-state index in [1.165, 1.54) is 0 Å². The van der Waals surface area contributed by atoms with Crippen molar-refractivity contribution < 1.29 is 9.21 Å². The van der Waals surface area contributed by atoms with Gasteiger partial charge in [0.2, 0.25) is 5.82 Å². The summed E-state index contributed by atoms with van der Waals surface area (Å²) in [6.07, 6.45) is 0.652. The Hall–Kier alpha value is -2.47. The summed E-state index contributed by atoms with van der Waals surface area (Å²) in [4.78, 5) is 10.6. The Bertz CT molecular complexity index is 721. The molecule has 2 heterocycles. The summed E-state index contributed by atoms with van der Waals surface area (Å²) in [5, 5.41) is 14.1. The molecule has 3 aromatic rings. The summed E-state index contributed by atoms with van der Waals surface area (Å²) >= 11 is 6.10. The Labute approximate surface area is 112 Å². The van der Waals surface area contributed by atoms with E-state index in [1.54, 1.807) is 30.3 Å². The van der Waals surface area contributed by atoms with Crippen molar-refractivity contribution in [1.29, 1.82) is 0 Å². The number of furan rings is 1. The van der Waals surface area contributed by atoms with Gasteiger partial charge < -0.3 is 4.42 Å². The molecule has 6 nitrogen and oxygen atoms in total. The van der Waals surface area contributed by atoms with E-state index in [2.05, 4.69) is 20.6 Å². The monoisotopic (exact) mass is 274 g/mol. The van der Waals surface area contributed by atoms with E-state index in [9.17, 15) is 4.79 Å². The van der Waals surface area contributed by atoms with Crippen LogP contribution in [0.1, 0.15) is 10.6 Å². The summed E-state index contributed by atoms with van der Waals surface area (Å²) in [5.41, 5.74) is 1.41. The quantitative estimate of drug-likeness (QED) is 0.742. The van der Waals surface area contributed by atoms with Crippen LogP contribution in [0.15, 0.2) is 34.7 Å². The van der Waals surface area contributed by atoms with Gasteiger partial charge in [-0.3, -0.25) is 4.79 Å². The first-order valence-corrected chi connectivity index (χ1v) is 5.74. The van der Waals surface area contributed by atoms with E-state index in [0.717, 1.165) is 5.56 Å². The lowest BCUT2D eigenvalue weighted by molar-refractivity contribution is 0.110. The second-order valence-corrected chi connectivity index (χ2v) is 4.16. The predicted octanol–water partition coefficient (Wildman–Crippen LogP) is 2.59. The largest absolute Gasteiger partial charge is 0.453 e. The van der Waals surface area contributed by atoms with Crippen LogP contribution in [0.5, 0.6) is 0 Å². The molecule has 0 bridgehead atoms. The number of H-pyrrole nitrogens is 1. The zero-order valence-electron chi connectivity index (χ0n) is 9.50. The van der Waals surface area contributed by atoms with Gasteiger partial charge in [-0.25, -0.2) is 0 Å². The van der Waals surface area contributed by atoms with Gasteiger partial charge in [0, 0.05) is 11.1 Å². The summed E-state index contributed by atoms with van der Waals surface area (Å²) in [6.45, 7) is 0. The fraction of sp³-hybridized carbons (Fsp3) is 0. The molecule has 0 amide bonds. The second-order valence-electron chi connectivity index (χ2n) is 3.75. The third-order valence-corrected chi connectivity index (χ3v) is 2.91. The van der Waals surface area contributed by atoms with Gasteiger partial charge in [-0.1, -0.05) is 11.6 Å². The van der Waals surface area contributed by atoms with Crippen molar-refractivity contribution >= 4 is 17.9 Å². The van der Waals surface area contributed by atoms with Gasteiger partial charge in [-0.15, -0.1) is 10.2 Å². The molecular weight excluding hydrogens is 268 g/mol. The number of halogens is 1. The zero-order valence-corrected chi connectivity index (χ0v) is 10.3. The number of nitrogens with one attached hydrogen (secondary N) is 1. The first kappa shape index (κ1) is 11.6. The number of benzene rings is 1. The lowest BCUT2D eigenvalue weighted by atomic mass is 10.1. The van der Waals surface area contributed by atoms with Crippen molar-refractivity contribution in [2.75, 3.05) is 0 Å². The lowest BCUT2D eigenvalue weighted by Gasteiger charge is -2.02.